The van der Waals surface area contributed by atoms with E-state index in [0.29, 0.717) is 18.8 Å². The number of aryl methyl sites for hydroxylation is 1. The molecule has 0 aliphatic carbocycles. The van der Waals surface area contributed by atoms with E-state index < -0.39 is 0 Å². The molecule has 2 aliphatic rings. The van der Waals surface area contributed by atoms with E-state index in [-0.39, 0.29) is 11.1 Å². The first kappa shape index (κ1) is 15.4. The summed E-state index contributed by atoms with van der Waals surface area (Å²) in [6, 6.07) is 6.62. The van der Waals surface area contributed by atoms with Gasteiger partial charge >= 0.3 is 0 Å². The third-order valence-electron chi connectivity index (χ3n) is 4.05. The van der Waals surface area contributed by atoms with Gasteiger partial charge in [0, 0.05) is 25.3 Å². The van der Waals surface area contributed by atoms with Crippen molar-refractivity contribution in [3.05, 3.63) is 29.3 Å². The van der Waals surface area contributed by atoms with Crippen molar-refractivity contribution in [3.8, 4) is 0 Å². The number of rotatable bonds is 6. The maximum absolute atomic E-state index is 11.5. The molecule has 2 aliphatic heterocycles. The molecule has 5 nitrogen and oxygen atoms in total. The predicted octanol–water partition coefficient (Wildman–Crippen LogP) is 1.87. The summed E-state index contributed by atoms with van der Waals surface area (Å²) in [5.41, 5.74) is 4.01. The molecule has 0 bridgehead atoms. The second-order valence-electron chi connectivity index (χ2n) is 5.62. The van der Waals surface area contributed by atoms with Crippen LogP contribution in [0.2, 0.25) is 0 Å². The normalized spacial score (nSPS) is 17.5. The molecule has 0 atom stereocenters. The Kier molecular flexibility index (Phi) is 5.00. The number of fused-ring (bicyclic) bond motifs is 1. The minimum absolute atomic E-state index is 0.0704. The van der Waals surface area contributed by atoms with Crippen molar-refractivity contribution in [1.29, 1.82) is 0 Å². The number of nitrogens with zero attached hydrogens (tertiary/aromatic N) is 1. The molecule has 0 aromatic heterocycles. The molecule has 2 amide bonds. The number of anilines is 1. The first-order valence-electron chi connectivity index (χ1n) is 7.77. The molecule has 118 valence electrons. The Hall–Kier alpha value is -1.53. The Labute approximate surface area is 134 Å². The molecule has 2 N–H and O–H groups in total. The summed E-state index contributed by atoms with van der Waals surface area (Å²) < 4.78 is 0. The van der Waals surface area contributed by atoms with Crippen LogP contribution in [-0.4, -0.2) is 48.0 Å². The van der Waals surface area contributed by atoms with Crippen LogP contribution in [0.1, 0.15) is 17.5 Å². The smallest absolute Gasteiger partial charge is 0.288 e. The van der Waals surface area contributed by atoms with E-state index in [1.165, 1.54) is 28.1 Å². The van der Waals surface area contributed by atoms with Gasteiger partial charge in [-0.1, -0.05) is 23.9 Å². The van der Waals surface area contributed by atoms with Crippen molar-refractivity contribution in [2.24, 2.45) is 0 Å². The average Bonchev–Trinajstić information content (AvgIpc) is 2.86. The standard InChI is InChI=1S/C16H21N3O2S/c20-15-11-22-16(21)19(15)9-8-17-7-5-12-3-4-14-13(10-12)2-1-6-18-14/h3-4,10,17-18H,1-2,5-9,11H2. The van der Waals surface area contributed by atoms with Crippen molar-refractivity contribution in [3.63, 3.8) is 0 Å². The molecule has 2 heterocycles. The topological polar surface area (TPSA) is 61.4 Å². The summed E-state index contributed by atoms with van der Waals surface area (Å²) in [4.78, 5) is 24.2. The van der Waals surface area contributed by atoms with Crippen LogP contribution in [0.4, 0.5) is 10.5 Å². The largest absolute Gasteiger partial charge is 0.385 e. The second-order valence-corrected chi connectivity index (χ2v) is 6.55. The molecular formula is C16H21N3O2S. The summed E-state index contributed by atoms with van der Waals surface area (Å²) in [6.07, 6.45) is 3.31. The fourth-order valence-electron chi connectivity index (χ4n) is 2.83. The molecule has 0 spiro atoms. The monoisotopic (exact) mass is 319 g/mol. The minimum atomic E-state index is -0.117. The Bertz CT molecular complexity index is 561. The third-order valence-corrected chi connectivity index (χ3v) is 4.91. The van der Waals surface area contributed by atoms with Crippen molar-refractivity contribution in [2.45, 2.75) is 19.3 Å². The predicted molar refractivity (Wildman–Crippen MR) is 89.4 cm³/mol. The molecule has 1 aromatic rings. The van der Waals surface area contributed by atoms with Crippen LogP contribution < -0.4 is 10.6 Å². The molecule has 0 radical (unpaired) electrons. The highest BCUT2D eigenvalue weighted by molar-refractivity contribution is 8.14. The number of carbonyl (C=O) groups excluding carboxylic acids is 2. The Morgan fingerprint density at radius 3 is 3.00 bits per heavy atom. The van der Waals surface area contributed by atoms with Gasteiger partial charge < -0.3 is 10.6 Å². The molecule has 3 rings (SSSR count). The van der Waals surface area contributed by atoms with Crippen molar-refractivity contribution >= 4 is 28.6 Å². The number of benzene rings is 1. The van der Waals surface area contributed by atoms with E-state index in [2.05, 4.69) is 28.8 Å². The van der Waals surface area contributed by atoms with Crippen LogP contribution in [0, 0.1) is 0 Å². The average molecular weight is 319 g/mol. The van der Waals surface area contributed by atoms with Crippen LogP contribution in [0.25, 0.3) is 0 Å². The molecule has 1 saturated heterocycles. The van der Waals surface area contributed by atoms with Crippen LogP contribution in [0.5, 0.6) is 0 Å². The molecule has 0 saturated carbocycles. The van der Waals surface area contributed by atoms with Crippen LogP contribution in [-0.2, 0) is 17.6 Å². The SMILES string of the molecule is O=C1CSC(=O)N1CCNCCc1ccc2c(c1)CCCN2. The third kappa shape index (κ3) is 3.62. The van der Waals surface area contributed by atoms with Gasteiger partial charge in [0.2, 0.25) is 5.91 Å². The maximum atomic E-state index is 11.5. The number of imide groups is 1. The van der Waals surface area contributed by atoms with Gasteiger partial charge in [0.05, 0.1) is 5.75 Å². The number of thioether (sulfide) groups is 1. The zero-order valence-electron chi connectivity index (χ0n) is 12.6. The van der Waals surface area contributed by atoms with Crippen molar-refractivity contribution in [1.82, 2.24) is 10.2 Å². The first-order valence-corrected chi connectivity index (χ1v) is 8.76. The van der Waals surface area contributed by atoms with E-state index in [0.717, 1.165) is 37.7 Å². The van der Waals surface area contributed by atoms with Gasteiger partial charge in [-0.15, -0.1) is 0 Å². The van der Waals surface area contributed by atoms with Gasteiger partial charge in [-0.2, -0.15) is 0 Å². The van der Waals surface area contributed by atoms with Gasteiger partial charge in [0.25, 0.3) is 5.24 Å². The van der Waals surface area contributed by atoms with Crippen molar-refractivity contribution < 1.29 is 9.59 Å². The number of nitrogens with one attached hydrogen (secondary N) is 2. The van der Waals surface area contributed by atoms with Crippen LogP contribution in [0.15, 0.2) is 18.2 Å². The van der Waals surface area contributed by atoms with Gasteiger partial charge in [-0.05, 0) is 43.0 Å². The number of amides is 2. The lowest BCUT2D eigenvalue weighted by Crippen LogP contribution is -2.36. The Morgan fingerprint density at radius 1 is 1.27 bits per heavy atom. The van der Waals surface area contributed by atoms with Gasteiger partial charge in [-0.3, -0.25) is 14.5 Å². The van der Waals surface area contributed by atoms with Crippen LogP contribution in [0.3, 0.4) is 0 Å². The molecule has 0 unspecified atom stereocenters. The summed E-state index contributed by atoms with van der Waals surface area (Å²) in [5, 5.41) is 6.61. The number of hydrogen-bond acceptors (Lipinski definition) is 5. The highest BCUT2D eigenvalue weighted by atomic mass is 32.2. The zero-order chi connectivity index (χ0) is 15.4. The van der Waals surface area contributed by atoms with E-state index in [1.807, 2.05) is 0 Å². The Balaban J connectivity index is 1.40. The molecular weight excluding hydrogens is 298 g/mol. The molecule has 1 aromatic carbocycles. The summed E-state index contributed by atoms with van der Waals surface area (Å²) in [6.45, 7) is 3.05. The summed E-state index contributed by atoms with van der Waals surface area (Å²) >= 11 is 1.09. The fourth-order valence-corrected chi connectivity index (χ4v) is 3.58. The molecule has 1 fully saturated rings. The van der Waals surface area contributed by atoms with E-state index in [4.69, 9.17) is 0 Å². The first-order chi connectivity index (χ1) is 10.7. The zero-order valence-corrected chi connectivity index (χ0v) is 13.4. The lowest BCUT2D eigenvalue weighted by atomic mass is 9.99. The fraction of sp³-hybridized carbons (Fsp3) is 0.500. The quantitative estimate of drug-likeness (QED) is 0.784. The lowest BCUT2D eigenvalue weighted by Gasteiger charge is -2.18. The Morgan fingerprint density at radius 2 is 2.18 bits per heavy atom. The molecule has 6 heteroatoms. The second kappa shape index (κ2) is 7.15. The van der Waals surface area contributed by atoms with Gasteiger partial charge in [0.15, 0.2) is 0 Å². The van der Waals surface area contributed by atoms with Gasteiger partial charge in [0.1, 0.15) is 0 Å². The highest BCUT2D eigenvalue weighted by Gasteiger charge is 2.28. The van der Waals surface area contributed by atoms with Crippen LogP contribution >= 0.6 is 11.8 Å². The van der Waals surface area contributed by atoms with E-state index in [1.54, 1.807) is 0 Å². The number of hydrogen-bond donors (Lipinski definition) is 2. The van der Waals surface area contributed by atoms with Gasteiger partial charge in [-0.25, -0.2) is 0 Å². The van der Waals surface area contributed by atoms with E-state index >= 15 is 0 Å². The number of carbonyl (C=O) groups is 2. The molecule has 22 heavy (non-hydrogen) atoms. The summed E-state index contributed by atoms with van der Waals surface area (Å²) in [7, 11) is 0. The maximum Gasteiger partial charge on any atom is 0.288 e. The van der Waals surface area contributed by atoms with E-state index in [9.17, 15) is 9.59 Å². The van der Waals surface area contributed by atoms with Crippen molar-refractivity contribution in [2.75, 3.05) is 37.2 Å². The highest BCUT2D eigenvalue weighted by Crippen LogP contribution is 2.23. The minimum Gasteiger partial charge on any atom is -0.385 e. The summed E-state index contributed by atoms with van der Waals surface area (Å²) in [5.74, 6) is 0.223. The lowest BCUT2D eigenvalue weighted by molar-refractivity contribution is -0.124.